The molecule has 1 fully saturated rings. The number of nitrogens with one attached hydrogen (secondary N) is 1. The van der Waals surface area contributed by atoms with E-state index in [4.69, 9.17) is 4.42 Å². The third kappa shape index (κ3) is 3.95. The van der Waals surface area contributed by atoms with Gasteiger partial charge in [-0.05, 0) is 44.9 Å². The highest BCUT2D eigenvalue weighted by Crippen LogP contribution is 2.27. The molecule has 0 atom stereocenters. The number of sulfone groups is 1. The first-order valence-corrected chi connectivity index (χ1v) is 10.4. The number of carbonyl (C=O) groups excluding carboxylic acids is 1. The Bertz CT molecular complexity index is 883. The molecule has 3 rings (SSSR count). The van der Waals surface area contributed by atoms with Gasteiger partial charge in [-0.2, -0.15) is 0 Å². The normalized spacial score (nSPS) is 16.0. The van der Waals surface area contributed by atoms with Crippen molar-refractivity contribution < 1.29 is 17.6 Å². The van der Waals surface area contributed by atoms with Crippen LogP contribution in [0.1, 0.15) is 46.0 Å². The van der Waals surface area contributed by atoms with E-state index in [1.807, 2.05) is 0 Å². The first-order valence-electron chi connectivity index (χ1n) is 8.86. The largest absolute Gasteiger partial charge is 0.403 e. The van der Waals surface area contributed by atoms with Crippen LogP contribution in [-0.4, -0.2) is 29.8 Å². The van der Waals surface area contributed by atoms with E-state index in [2.05, 4.69) is 15.5 Å². The SMILES string of the molecule is CC(C)S(=O)(=O)c1cccc(-c2nnc(NC(=O)C3CCCCC3)o2)c1. The molecule has 0 bridgehead atoms. The molecule has 140 valence electrons. The highest BCUT2D eigenvalue weighted by molar-refractivity contribution is 7.92. The van der Waals surface area contributed by atoms with Crippen LogP contribution in [0.25, 0.3) is 11.5 Å². The van der Waals surface area contributed by atoms with Gasteiger partial charge in [0.2, 0.25) is 11.8 Å². The molecule has 1 N–H and O–H groups in total. The molecule has 26 heavy (non-hydrogen) atoms. The fourth-order valence-corrected chi connectivity index (χ4v) is 4.14. The molecule has 1 heterocycles. The minimum atomic E-state index is -3.39. The molecule has 1 aliphatic rings. The van der Waals surface area contributed by atoms with Crippen molar-refractivity contribution >= 4 is 21.8 Å². The van der Waals surface area contributed by atoms with Gasteiger partial charge in [-0.1, -0.05) is 30.4 Å². The predicted molar refractivity (Wildman–Crippen MR) is 97.3 cm³/mol. The second-order valence-corrected chi connectivity index (χ2v) is 9.36. The van der Waals surface area contributed by atoms with Crippen LogP contribution in [0.4, 0.5) is 6.01 Å². The topological polar surface area (TPSA) is 102 Å². The highest BCUT2D eigenvalue weighted by atomic mass is 32.2. The number of rotatable bonds is 5. The van der Waals surface area contributed by atoms with Crippen LogP contribution in [-0.2, 0) is 14.6 Å². The standard InChI is InChI=1S/C18H23N3O4S/c1-12(2)26(23,24)15-10-6-9-14(11-15)17-20-21-18(25-17)19-16(22)13-7-4-3-5-8-13/h6,9-13H,3-5,7-8H2,1-2H3,(H,19,21,22). The summed E-state index contributed by atoms with van der Waals surface area (Å²) in [5.41, 5.74) is 0.498. The Balaban J connectivity index is 1.76. The lowest BCUT2D eigenvalue weighted by Gasteiger charge is -2.19. The van der Waals surface area contributed by atoms with Crippen molar-refractivity contribution in [1.82, 2.24) is 10.2 Å². The Hall–Kier alpha value is -2.22. The van der Waals surface area contributed by atoms with Crippen LogP contribution in [0.2, 0.25) is 0 Å². The fourth-order valence-electron chi connectivity index (χ4n) is 3.04. The monoisotopic (exact) mass is 377 g/mol. The lowest BCUT2D eigenvalue weighted by molar-refractivity contribution is -0.120. The molecule has 1 aromatic heterocycles. The number of nitrogens with zero attached hydrogens (tertiary/aromatic N) is 2. The summed E-state index contributed by atoms with van der Waals surface area (Å²) in [6.07, 6.45) is 5.04. The van der Waals surface area contributed by atoms with Gasteiger partial charge in [0, 0.05) is 11.5 Å². The average Bonchev–Trinajstić information content (AvgIpc) is 3.11. The summed E-state index contributed by atoms with van der Waals surface area (Å²) < 4.78 is 30.1. The number of carbonyl (C=O) groups is 1. The number of anilines is 1. The van der Waals surface area contributed by atoms with Crippen molar-refractivity contribution in [1.29, 1.82) is 0 Å². The van der Waals surface area contributed by atoms with E-state index in [9.17, 15) is 13.2 Å². The third-order valence-corrected chi connectivity index (χ3v) is 6.81. The summed E-state index contributed by atoms with van der Waals surface area (Å²) in [7, 11) is -3.39. The van der Waals surface area contributed by atoms with Gasteiger partial charge >= 0.3 is 6.01 Å². The quantitative estimate of drug-likeness (QED) is 0.856. The molecule has 0 aliphatic heterocycles. The van der Waals surface area contributed by atoms with E-state index in [1.54, 1.807) is 32.0 Å². The average molecular weight is 377 g/mol. The van der Waals surface area contributed by atoms with Crippen molar-refractivity contribution in [2.24, 2.45) is 5.92 Å². The molecule has 8 heteroatoms. The van der Waals surface area contributed by atoms with Gasteiger partial charge in [0.25, 0.3) is 0 Å². The zero-order valence-electron chi connectivity index (χ0n) is 14.9. The molecule has 0 spiro atoms. The maximum atomic E-state index is 12.3. The van der Waals surface area contributed by atoms with Gasteiger partial charge in [0.15, 0.2) is 9.84 Å². The summed E-state index contributed by atoms with van der Waals surface area (Å²) in [4.78, 5) is 12.5. The summed E-state index contributed by atoms with van der Waals surface area (Å²) >= 11 is 0. The summed E-state index contributed by atoms with van der Waals surface area (Å²) in [6.45, 7) is 3.27. The minimum absolute atomic E-state index is 0.0152. The lowest BCUT2D eigenvalue weighted by atomic mass is 9.89. The Kier molecular flexibility index (Phi) is 5.41. The van der Waals surface area contributed by atoms with E-state index in [0.717, 1.165) is 25.7 Å². The number of hydrogen-bond donors (Lipinski definition) is 1. The van der Waals surface area contributed by atoms with Crippen LogP contribution in [0.5, 0.6) is 0 Å². The summed E-state index contributed by atoms with van der Waals surface area (Å²) in [5.74, 6) is 0.0550. The van der Waals surface area contributed by atoms with E-state index in [0.29, 0.717) is 5.56 Å². The molecule has 1 aromatic carbocycles. The second-order valence-electron chi connectivity index (χ2n) is 6.86. The van der Waals surface area contributed by atoms with Crippen LogP contribution in [0.3, 0.4) is 0 Å². The van der Waals surface area contributed by atoms with Crippen molar-refractivity contribution in [3.63, 3.8) is 0 Å². The van der Waals surface area contributed by atoms with Crippen LogP contribution in [0, 0.1) is 5.92 Å². The van der Waals surface area contributed by atoms with Gasteiger partial charge in [-0.15, -0.1) is 5.10 Å². The van der Waals surface area contributed by atoms with Crippen LogP contribution >= 0.6 is 0 Å². The summed E-state index contributed by atoms with van der Waals surface area (Å²) in [5, 5.41) is 9.93. The van der Waals surface area contributed by atoms with Crippen molar-refractivity contribution in [3.05, 3.63) is 24.3 Å². The van der Waals surface area contributed by atoms with Gasteiger partial charge in [0.1, 0.15) is 0 Å². The van der Waals surface area contributed by atoms with Crippen LogP contribution in [0.15, 0.2) is 33.6 Å². The molecule has 2 aromatic rings. The highest BCUT2D eigenvalue weighted by Gasteiger charge is 2.23. The number of amides is 1. The molecule has 1 amide bonds. The van der Waals surface area contributed by atoms with E-state index in [-0.39, 0.29) is 28.6 Å². The first kappa shape index (κ1) is 18.6. The van der Waals surface area contributed by atoms with Gasteiger partial charge in [-0.3, -0.25) is 10.1 Å². The first-order chi connectivity index (χ1) is 12.4. The van der Waals surface area contributed by atoms with Crippen molar-refractivity contribution in [2.45, 2.75) is 56.1 Å². The molecule has 1 aliphatic carbocycles. The second kappa shape index (κ2) is 7.57. The number of hydrogen-bond acceptors (Lipinski definition) is 6. The van der Waals surface area contributed by atoms with Crippen molar-refractivity contribution in [2.75, 3.05) is 5.32 Å². The molecule has 7 nitrogen and oxygen atoms in total. The minimum Gasteiger partial charge on any atom is -0.403 e. The Morgan fingerprint density at radius 1 is 1.19 bits per heavy atom. The number of aromatic nitrogens is 2. The molecule has 1 saturated carbocycles. The zero-order valence-corrected chi connectivity index (χ0v) is 15.8. The van der Waals surface area contributed by atoms with Gasteiger partial charge in [0.05, 0.1) is 10.1 Å². The smallest absolute Gasteiger partial charge is 0.322 e. The fraction of sp³-hybridized carbons (Fsp3) is 0.500. The molecule has 0 unspecified atom stereocenters. The lowest BCUT2D eigenvalue weighted by Crippen LogP contribution is -2.24. The molecule has 0 radical (unpaired) electrons. The molecular weight excluding hydrogens is 354 g/mol. The third-order valence-electron chi connectivity index (χ3n) is 4.66. The van der Waals surface area contributed by atoms with Crippen LogP contribution < -0.4 is 5.32 Å². The van der Waals surface area contributed by atoms with Gasteiger partial charge in [-0.25, -0.2) is 8.42 Å². The number of benzene rings is 1. The Labute approximate surface area is 153 Å². The summed E-state index contributed by atoms with van der Waals surface area (Å²) in [6, 6.07) is 6.42. The van der Waals surface area contributed by atoms with E-state index < -0.39 is 15.1 Å². The van der Waals surface area contributed by atoms with E-state index in [1.165, 1.54) is 12.5 Å². The molecule has 0 saturated heterocycles. The predicted octanol–water partition coefficient (Wildman–Crippen LogP) is 3.44. The Morgan fingerprint density at radius 3 is 2.62 bits per heavy atom. The zero-order chi connectivity index (χ0) is 18.7. The maximum Gasteiger partial charge on any atom is 0.322 e. The molecular formula is C18H23N3O4S. The Morgan fingerprint density at radius 2 is 1.92 bits per heavy atom. The van der Waals surface area contributed by atoms with Gasteiger partial charge < -0.3 is 4.42 Å². The maximum absolute atomic E-state index is 12.3. The van der Waals surface area contributed by atoms with Crippen molar-refractivity contribution in [3.8, 4) is 11.5 Å². The van der Waals surface area contributed by atoms with E-state index >= 15 is 0 Å².